The number of amides is 1. The number of anilines is 1. The topological polar surface area (TPSA) is 46.6 Å². The maximum Gasteiger partial charge on any atom is 0.266 e. The molecule has 4 nitrogen and oxygen atoms in total. The number of β-lactam (4-membered cyclic amide) rings is 1. The van der Waals surface area contributed by atoms with Gasteiger partial charge in [-0.25, -0.2) is 0 Å². The molecule has 1 amide bonds. The fourth-order valence-electron chi connectivity index (χ4n) is 1.68. The van der Waals surface area contributed by atoms with Crippen LogP contribution < -0.4 is 9.64 Å². The van der Waals surface area contributed by atoms with E-state index < -0.39 is 16.3 Å². The van der Waals surface area contributed by atoms with E-state index in [0.29, 0.717) is 17.7 Å². The third-order valence-corrected chi connectivity index (χ3v) is 3.40. The number of hydrogen-bond donors (Lipinski definition) is 0. The van der Waals surface area contributed by atoms with E-state index in [0.717, 1.165) is 0 Å². The summed E-state index contributed by atoms with van der Waals surface area (Å²) in [7, 11) is 1.54. The summed E-state index contributed by atoms with van der Waals surface area (Å²) in [6.07, 6.45) is 0.561. The van der Waals surface area contributed by atoms with Gasteiger partial charge >= 0.3 is 0 Å². The number of rotatable bonds is 3. The number of hydrogen-bond acceptors (Lipinski definition) is 3. The molecule has 0 bridgehead atoms. The van der Waals surface area contributed by atoms with Crippen molar-refractivity contribution in [3.8, 4) is 5.75 Å². The van der Waals surface area contributed by atoms with E-state index in [1.54, 1.807) is 31.4 Å². The van der Waals surface area contributed by atoms with Gasteiger partial charge in [0.25, 0.3) is 5.91 Å². The predicted octanol–water partition coefficient (Wildman–Crippen LogP) is 1.78. The Morgan fingerprint density at radius 2 is 1.94 bits per heavy atom. The number of carbonyl (C=O) groups is 2. The zero-order chi connectivity index (χ0) is 12.6. The molecule has 17 heavy (non-hydrogen) atoms. The first-order valence-electron chi connectivity index (χ1n) is 4.83. The van der Waals surface area contributed by atoms with Gasteiger partial charge < -0.3 is 9.53 Å². The highest BCUT2D eigenvalue weighted by Crippen LogP contribution is 2.42. The number of ether oxygens (including phenoxy) is 1. The van der Waals surface area contributed by atoms with E-state index in [9.17, 15) is 9.59 Å². The summed E-state index contributed by atoms with van der Waals surface area (Å²) in [6.45, 7) is 0. The summed E-state index contributed by atoms with van der Waals surface area (Å²) in [5.41, 5.74) is 0.560. The van der Waals surface area contributed by atoms with E-state index in [-0.39, 0.29) is 0 Å². The van der Waals surface area contributed by atoms with Gasteiger partial charge in [-0.05, 0) is 24.3 Å². The lowest BCUT2D eigenvalue weighted by Gasteiger charge is -2.46. The molecule has 1 aliphatic heterocycles. The van der Waals surface area contributed by atoms with Crippen molar-refractivity contribution in [1.29, 1.82) is 0 Å². The van der Waals surface area contributed by atoms with Crippen molar-refractivity contribution in [2.75, 3.05) is 12.0 Å². The molecule has 1 aliphatic rings. The second-order valence-electron chi connectivity index (χ2n) is 3.58. The van der Waals surface area contributed by atoms with Crippen molar-refractivity contribution in [1.82, 2.24) is 0 Å². The number of carbonyl (C=O) groups excluding carboxylic acids is 2. The number of methoxy groups -OCH3 is 1. The first kappa shape index (κ1) is 12.2. The number of nitrogens with zero attached hydrogens (tertiary/aromatic N) is 1. The fraction of sp³-hybridized carbons (Fsp3) is 0.273. The van der Waals surface area contributed by atoms with Gasteiger partial charge in [0.1, 0.15) is 18.1 Å². The number of halogens is 2. The molecular weight excluding hydrogens is 265 g/mol. The molecule has 1 aromatic rings. The standard InChI is InChI=1S/C11H9Cl2NO3/c1-17-8-4-2-7(3-5-8)14-9(6-15)11(12,13)10(14)16/h2-6,9H,1H3. The van der Waals surface area contributed by atoms with Crippen LogP contribution in [0.3, 0.4) is 0 Å². The Bertz CT molecular complexity index is 458. The Kier molecular flexibility index (Phi) is 3.02. The lowest BCUT2D eigenvalue weighted by atomic mass is 10.0. The van der Waals surface area contributed by atoms with Crippen LogP contribution in [0.5, 0.6) is 5.75 Å². The fourth-order valence-corrected chi connectivity index (χ4v) is 2.16. The van der Waals surface area contributed by atoms with E-state index in [1.165, 1.54) is 4.90 Å². The summed E-state index contributed by atoms with van der Waals surface area (Å²) in [5, 5.41) is 0. The molecular formula is C11H9Cl2NO3. The van der Waals surface area contributed by atoms with Crippen LogP contribution >= 0.6 is 23.2 Å². The Hall–Kier alpha value is -1.26. The van der Waals surface area contributed by atoms with Crippen LogP contribution in [0, 0.1) is 0 Å². The molecule has 0 N–H and O–H groups in total. The molecule has 0 saturated carbocycles. The first-order chi connectivity index (χ1) is 8.02. The largest absolute Gasteiger partial charge is 0.497 e. The second kappa shape index (κ2) is 4.20. The molecule has 1 heterocycles. The van der Waals surface area contributed by atoms with Crippen molar-refractivity contribution in [2.24, 2.45) is 0 Å². The van der Waals surface area contributed by atoms with Gasteiger partial charge in [-0.2, -0.15) is 0 Å². The summed E-state index contributed by atoms with van der Waals surface area (Å²) in [4.78, 5) is 23.8. The Balaban J connectivity index is 2.28. The van der Waals surface area contributed by atoms with Crippen LogP contribution in [0.1, 0.15) is 0 Å². The van der Waals surface area contributed by atoms with Crippen molar-refractivity contribution in [2.45, 2.75) is 10.4 Å². The van der Waals surface area contributed by atoms with Crippen LogP contribution in [0.2, 0.25) is 0 Å². The van der Waals surface area contributed by atoms with E-state index >= 15 is 0 Å². The lowest BCUT2D eigenvalue weighted by Crippen LogP contribution is -2.69. The summed E-state index contributed by atoms with van der Waals surface area (Å²) in [6, 6.07) is 5.85. The predicted molar refractivity (Wildman–Crippen MR) is 64.8 cm³/mol. The van der Waals surface area contributed by atoms with Crippen LogP contribution in [0.25, 0.3) is 0 Å². The summed E-state index contributed by atoms with van der Waals surface area (Å²) < 4.78 is 3.35. The zero-order valence-electron chi connectivity index (χ0n) is 8.89. The minimum absolute atomic E-state index is 0.497. The molecule has 1 aromatic carbocycles. The molecule has 0 aromatic heterocycles. The third-order valence-electron chi connectivity index (χ3n) is 2.63. The van der Waals surface area contributed by atoms with Crippen LogP contribution in [0.4, 0.5) is 5.69 Å². The minimum Gasteiger partial charge on any atom is -0.497 e. The number of aldehydes is 1. The smallest absolute Gasteiger partial charge is 0.266 e. The van der Waals surface area contributed by atoms with Crippen molar-refractivity contribution >= 4 is 41.1 Å². The minimum atomic E-state index is -1.65. The molecule has 0 spiro atoms. The maximum atomic E-state index is 11.7. The quantitative estimate of drug-likeness (QED) is 0.479. The number of alkyl halides is 2. The lowest BCUT2D eigenvalue weighted by molar-refractivity contribution is -0.128. The maximum absolute atomic E-state index is 11.7. The van der Waals surface area contributed by atoms with E-state index in [1.807, 2.05) is 0 Å². The van der Waals surface area contributed by atoms with Gasteiger partial charge in [-0.3, -0.25) is 9.69 Å². The van der Waals surface area contributed by atoms with Crippen LogP contribution in [-0.2, 0) is 9.59 Å². The van der Waals surface area contributed by atoms with Gasteiger partial charge in [-0.15, -0.1) is 0 Å². The molecule has 1 unspecified atom stereocenters. The van der Waals surface area contributed by atoms with E-state index in [2.05, 4.69) is 0 Å². The normalized spacial score (nSPS) is 21.9. The van der Waals surface area contributed by atoms with Gasteiger partial charge in [0.15, 0.2) is 0 Å². The van der Waals surface area contributed by atoms with E-state index in [4.69, 9.17) is 27.9 Å². The zero-order valence-corrected chi connectivity index (χ0v) is 10.4. The molecule has 2 rings (SSSR count). The highest BCUT2D eigenvalue weighted by molar-refractivity contribution is 6.64. The average Bonchev–Trinajstić information content (AvgIpc) is 2.35. The first-order valence-corrected chi connectivity index (χ1v) is 5.58. The second-order valence-corrected chi connectivity index (χ2v) is 4.96. The Morgan fingerprint density at radius 1 is 1.35 bits per heavy atom. The van der Waals surface area contributed by atoms with Crippen molar-refractivity contribution < 1.29 is 14.3 Å². The summed E-state index contributed by atoms with van der Waals surface area (Å²) in [5.74, 6) is 0.162. The van der Waals surface area contributed by atoms with Crippen molar-refractivity contribution in [3.63, 3.8) is 0 Å². The average molecular weight is 274 g/mol. The Morgan fingerprint density at radius 3 is 2.41 bits per heavy atom. The monoisotopic (exact) mass is 273 g/mol. The van der Waals surface area contributed by atoms with Gasteiger partial charge in [0.05, 0.1) is 7.11 Å². The van der Waals surface area contributed by atoms with Gasteiger partial charge in [0.2, 0.25) is 4.33 Å². The molecule has 90 valence electrons. The number of benzene rings is 1. The molecule has 6 heteroatoms. The molecule has 0 radical (unpaired) electrons. The summed E-state index contributed by atoms with van der Waals surface area (Å²) >= 11 is 11.5. The third kappa shape index (κ3) is 1.77. The SMILES string of the molecule is COc1ccc(N2C(=O)C(Cl)(Cl)C2C=O)cc1. The van der Waals surface area contributed by atoms with Crippen molar-refractivity contribution in [3.05, 3.63) is 24.3 Å². The van der Waals surface area contributed by atoms with Crippen LogP contribution in [0.15, 0.2) is 24.3 Å². The van der Waals surface area contributed by atoms with Gasteiger partial charge in [0, 0.05) is 5.69 Å². The van der Waals surface area contributed by atoms with Gasteiger partial charge in [-0.1, -0.05) is 23.2 Å². The molecule has 1 atom stereocenters. The molecule has 0 aliphatic carbocycles. The van der Waals surface area contributed by atoms with Crippen LogP contribution in [-0.4, -0.2) is 29.7 Å². The molecule has 1 fully saturated rings. The highest BCUT2D eigenvalue weighted by Gasteiger charge is 2.59. The highest BCUT2D eigenvalue weighted by atomic mass is 35.5. The molecule has 1 saturated heterocycles. The Labute approximate surface area is 108 Å².